The average molecular weight is 256 g/mol. The van der Waals surface area contributed by atoms with E-state index in [1.165, 1.54) is 4.31 Å². The standard InChI is InChI=1S/C9H18ClNO3S/c1-9(14-2)4-3-6-11(7-5-9)15(12,13)8-10/h3-8H2,1-2H3. The summed E-state index contributed by atoms with van der Waals surface area (Å²) in [6, 6.07) is 0. The van der Waals surface area contributed by atoms with E-state index in [4.69, 9.17) is 16.3 Å². The van der Waals surface area contributed by atoms with Crippen LogP contribution in [0.4, 0.5) is 0 Å². The van der Waals surface area contributed by atoms with E-state index < -0.39 is 10.0 Å². The highest BCUT2D eigenvalue weighted by Gasteiger charge is 2.31. The van der Waals surface area contributed by atoms with Gasteiger partial charge >= 0.3 is 0 Å². The van der Waals surface area contributed by atoms with Gasteiger partial charge in [-0.15, -0.1) is 11.6 Å². The Morgan fingerprint density at radius 2 is 2.07 bits per heavy atom. The fourth-order valence-corrected chi connectivity index (χ4v) is 3.11. The lowest BCUT2D eigenvalue weighted by molar-refractivity contribution is -0.00451. The van der Waals surface area contributed by atoms with E-state index in [-0.39, 0.29) is 10.8 Å². The van der Waals surface area contributed by atoms with Gasteiger partial charge in [-0.1, -0.05) is 0 Å². The van der Waals surface area contributed by atoms with Crippen LogP contribution in [0.1, 0.15) is 26.2 Å². The van der Waals surface area contributed by atoms with Crippen LogP contribution in [0.15, 0.2) is 0 Å². The Labute approximate surface area is 96.6 Å². The van der Waals surface area contributed by atoms with Gasteiger partial charge in [-0.2, -0.15) is 0 Å². The van der Waals surface area contributed by atoms with Crippen molar-refractivity contribution in [1.29, 1.82) is 0 Å². The van der Waals surface area contributed by atoms with Gasteiger partial charge in [-0.25, -0.2) is 12.7 Å². The third-order valence-electron chi connectivity index (χ3n) is 3.03. The molecule has 1 fully saturated rings. The molecule has 90 valence electrons. The van der Waals surface area contributed by atoms with Crippen molar-refractivity contribution in [2.45, 2.75) is 31.8 Å². The normalized spacial score (nSPS) is 30.1. The van der Waals surface area contributed by atoms with Crippen LogP contribution in [-0.2, 0) is 14.8 Å². The van der Waals surface area contributed by atoms with E-state index in [1.54, 1.807) is 7.11 Å². The summed E-state index contributed by atoms with van der Waals surface area (Å²) in [6.07, 6.45) is 2.43. The summed E-state index contributed by atoms with van der Waals surface area (Å²) >= 11 is 5.42. The number of hydrogen-bond acceptors (Lipinski definition) is 3. The molecule has 0 saturated carbocycles. The zero-order valence-electron chi connectivity index (χ0n) is 9.20. The molecule has 0 aromatic carbocycles. The Hall–Kier alpha value is 0.160. The van der Waals surface area contributed by atoms with Crippen LogP contribution in [0.3, 0.4) is 0 Å². The highest BCUT2D eigenvalue weighted by atomic mass is 35.5. The fourth-order valence-electron chi connectivity index (χ4n) is 1.78. The number of ether oxygens (including phenoxy) is 1. The second kappa shape index (κ2) is 4.99. The molecule has 0 spiro atoms. The molecular formula is C9H18ClNO3S. The van der Waals surface area contributed by atoms with Crippen molar-refractivity contribution in [2.24, 2.45) is 0 Å². The van der Waals surface area contributed by atoms with E-state index >= 15 is 0 Å². The quantitative estimate of drug-likeness (QED) is 0.717. The summed E-state index contributed by atoms with van der Waals surface area (Å²) in [5.74, 6) is 0. The number of halogens is 1. The molecule has 0 aromatic rings. The third kappa shape index (κ3) is 3.31. The minimum Gasteiger partial charge on any atom is -0.378 e. The van der Waals surface area contributed by atoms with E-state index in [9.17, 15) is 8.42 Å². The van der Waals surface area contributed by atoms with Gasteiger partial charge in [0.2, 0.25) is 10.0 Å². The van der Waals surface area contributed by atoms with E-state index in [1.807, 2.05) is 6.92 Å². The third-order valence-corrected chi connectivity index (χ3v) is 5.28. The van der Waals surface area contributed by atoms with Gasteiger partial charge in [0.25, 0.3) is 0 Å². The first-order valence-corrected chi connectivity index (χ1v) is 7.17. The Kier molecular flexibility index (Phi) is 4.40. The van der Waals surface area contributed by atoms with Crippen LogP contribution < -0.4 is 0 Å². The molecule has 1 aliphatic heterocycles. The van der Waals surface area contributed by atoms with Gasteiger partial charge in [-0.3, -0.25) is 0 Å². The molecule has 0 aromatic heterocycles. The van der Waals surface area contributed by atoms with Crippen LogP contribution in [0.5, 0.6) is 0 Å². The van der Waals surface area contributed by atoms with Gasteiger partial charge < -0.3 is 4.74 Å². The molecular weight excluding hydrogens is 238 g/mol. The molecule has 0 aliphatic carbocycles. The highest BCUT2D eigenvalue weighted by Crippen LogP contribution is 2.26. The molecule has 1 saturated heterocycles. The molecule has 0 radical (unpaired) electrons. The topological polar surface area (TPSA) is 46.6 Å². The number of hydrogen-bond donors (Lipinski definition) is 0. The van der Waals surface area contributed by atoms with Crippen LogP contribution in [0.25, 0.3) is 0 Å². The van der Waals surface area contributed by atoms with Gasteiger partial charge in [0.1, 0.15) is 5.21 Å². The molecule has 1 heterocycles. The first-order valence-electron chi connectivity index (χ1n) is 5.02. The molecule has 4 nitrogen and oxygen atoms in total. The Balaban J connectivity index is 2.69. The predicted molar refractivity (Wildman–Crippen MR) is 60.5 cm³/mol. The molecule has 0 N–H and O–H groups in total. The van der Waals surface area contributed by atoms with Gasteiger partial charge in [0.05, 0.1) is 5.60 Å². The minimum atomic E-state index is -3.26. The maximum atomic E-state index is 11.6. The lowest BCUT2D eigenvalue weighted by Gasteiger charge is -2.26. The van der Waals surface area contributed by atoms with Gasteiger partial charge in [0.15, 0.2) is 0 Å². The number of rotatable bonds is 3. The van der Waals surface area contributed by atoms with Crippen LogP contribution in [0.2, 0.25) is 0 Å². The lowest BCUT2D eigenvalue weighted by atomic mass is 9.97. The number of sulfonamides is 1. The maximum absolute atomic E-state index is 11.6. The van der Waals surface area contributed by atoms with Crippen molar-refractivity contribution in [3.63, 3.8) is 0 Å². The van der Waals surface area contributed by atoms with Crippen molar-refractivity contribution >= 4 is 21.6 Å². The zero-order valence-corrected chi connectivity index (χ0v) is 10.8. The predicted octanol–water partition coefficient (Wildman–Crippen LogP) is 1.40. The van der Waals surface area contributed by atoms with Crippen LogP contribution in [-0.4, -0.2) is 43.7 Å². The molecule has 1 rings (SSSR count). The van der Waals surface area contributed by atoms with Crippen molar-refractivity contribution in [2.75, 3.05) is 25.4 Å². The Morgan fingerprint density at radius 3 is 2.60 bits per heavy atom. The summed E-state index contributed by atoms with van der Waals surface area (Å²) in [7, 11) is -1.59. The largest absolute Gasteiger partial charge is 0.378 e. The van der Waals surface area contributed by atoms with E-state index in [0.29, 0.717) is 13.1 Å². The smallest absolute Gasteiger partial charge is 0.228 e. The second-order valence-corrected chi connectivity index (χ2v) is 6.68. The van der Waals surface area contributed by atoms with Gasteiger partial charge in [-0.05, 0) is 26.2 Å². The summed E-state index contributed by atoms with van der Waals surface area (Å²) in [5.41, 5.74) is -0.198. The molecule has 0 amide bonds. The van der Waals surface area contributed by atoms with Crippen molar-refractivity contribution in [3.8, 4) is 0 Å². The monoisotopic (exact) mass is 255 g/mol. The summed E-state index contributed by atoms with van der Waals surface area (Å²) in [5, 5.41) is -0.337. The van der Waals surface area contributed by atoms with Crippen molar-refractivity contribution < 1.29 is 13.2 Å². The number of methoxy groups -OCH3 is 1. The first-order chi connectivity index (χ1) is 6.93. The average Bonchev–Trinajstić information content (AvgIpc) is 2.41. The van der Waals surface area contributed by atoms with E-state index in [2.05, 4.69) is 0 Å². The molecule has 6 heteroatoms. The number of nitrogens with zero attached hydrogens (tertiary/aromatic N) is 1. The minimum absolute atomic E-state index is 0.198. The zero-order chi connectivity index (χ0) is 11.5. The first kappa shape index (κ1) is 13.2. The second-order valence-electron chi connectivity index (χ2n) is 4.13. The van der Waals surface area contributed by atoms with E-state index in [0.717, 1.165) is 19.3 Å². The van der Waals surface area contributed by atoms with Crippen molar-refractivity contribution in [3.05, 3.63) is 0 Å². The maximum Gasteiger partial charge on any atom is 0.228 e. The van der Waals surface area contributed by atoms with Crippen molar-refractivity contribution in [1.82, 2.24) is 4.31 Å². The van der Waals surface area contributed by atoms with Crippen LogP contribution >= 0.6 is 11.6 Å². The summed E-state index contributed by atoms with van der Waals surface area (Å²) in [4.78, 5) is 0. The molecule has 0 bridgehead atoms. The summed E-state index contributed by atoms with van der Waals surface area (Å²) in [6.45, 7) is 3.07. The SMILES string of the molecule is COC1(C)CCCN(S(=O)(=O)CCl)CC1. The summed E-state index contributed by atoms with van der Waals surface area (Å²) < 4.78 is 30.0. The lowest BCUT2D eigenvalue weighted by Crippen LogP contribution is -2.34. The molecule has 1 atom stereocenters. The molecule has 1 unspecified atom stereocenters. The van der Waals surface area contributed by atoms with Gasteiger partial charge in [0, 0.05) is 20.2 Å². The Morgan fingerprint density at radius 1 is 1.40 bits per heavy atom. The highest BCUT2D eigenvalue weighted by molar-refractivity contribution is 7.90. The number of alkyl halides is 1. The fraction of sp³-hybridized carbons (Fsp3) is 1.00. The Bertz CT molecular complexity index is 306. The van der Waals surface area contributed by atoms with Crippen LogP contribution in [0, 0.1) is 0 Å². The molecule has 1 aliphatic rings. The molecule has 15 heavy (non-hydrogen) atoms.